The zero-order valence-electron chi connectivity index (χ0n) is 16.1. The maximum absolute atomic E-state index is 14.5. The first kappa shape index (κ1) is 20.7. The molecule has 2 N–H and O–H groups in total. The molecular weight excluding hydrogens is 414 g/mol. The van der Waals surface area contributed by atoms with Crippen LogP contribution in [0.3, 0.4) is 0 Å². The summed E-state index contributed by atoms with van der Waals surface area (Å²) in [5.74, 6) is -7.07. The minimum absolute atomic E-state index is 0.209. The Morgan fingerprint density at radius 3 is 2.45 bits per heavy atom. The van der Waals surface area contributed by atoms with Gasteiger partial charge in [-0.15, -0.1) is 0 Å². The van der Waals surface area contributed by atoms with E-state index < -0.39 is 35.2 Å². The second-order valence-electron chi connectivity index (χ2n) is 7.23. The Labute approximate surface area is 174 Å². The molecule has 1 amide bonds. The van der Waals surface area contributed by atoms with Crippen molar-refractivity contribution in [2.24, 2.45) is 5.92 Å². The van der Waals surface area contributed by atoms with Crippen molar-refractivity contribution in [2.45, 2.75) is 12.3 Å². The van der Waals surface area contributed by atoms with Crippen LogP contribution in [0.1, 0.15) is 11.5 Å². The van der Waals surface area contributed by atoms with Crippen LogP contribution in [0.2, 0.25) is 0 Å². The average molecular weight is 431 g/mol. The summed E-state index contributed by atoms with van der Waals surface area (Å²) in [6, 6.07) is 9.13. The number of benzene rings is 1. The van der Waals surface area contributed by atoms with E-state index in [1.54, 1.807) is 24.3 Å². The first-order valence-corrected chi connectivity index (χ1v) is 9.39. The molecular formula is C21H17F4N5O. The number of aromatic nitrogens is 3. The molecule has 0 atom stereocenters. The zero-order valence-corrected chi connectivity index (χ0v) is 16.1. The molecule has 1 fully saturated rings. The minimum Gasteiger partial charge on any atom is -0.397 e. The number of amides is 1. The lowest BCUT2D eigenvalue weighted by Gasteiger charge is -2.42. The third-order valence-electron chi connectivity index (χ3n) is 5.14. The molecule has 0 aliphatic carbocycles. The van der Waals surface area contributed by atoms with E-state index in [1.165, 1.54) is 17.0 Å². The summed E-state index contributed by atoms with van der Waals surface area (Å²) < 4.78 is 55.9. The first-order chi connectivity index (χ1) is 14.8. The van der Waals surface area contributed by atoms with Gasteiger partial charge in [-0.2, -0.15) is 8.78 Å². The normalized spacial score (nSPS) is 14.4. The lowest BCUT2D eigenvalue weighted by atomic mass is 9.91. The van der Waals surface area contributed by atoms with E-state index >= 15 is 0 Å². The van der Waals surface area contributed by atoms with Crippen molar-refractivity contribution in [3.63, 3.8) is 0 Å². The molecule has 0 bridgehead atoms. The van der Waals surface area contributed by atoms with Gasteiger partial charge in [-0.05, 0) is 24.3 Å². The number of alkyl halides is 2. The number of rotatable bonds is 5. The summed E-state index contributed by atoms with van der Waals surface area (Å²) >= 11 is 0. The van der Waals surface area contributed by atoms with Crippen molar-refractivity contribution < 1.29 is 22.4 Å². The highest BCUT2D eigenvalue weighted by Gasteiger charge is 2.51. The van der Waals surface area contributed by atoms with Crippen molar-refractivity contribution >= 4 is 11.6 Å². The molecule has 1 aromatic carbocycles. The molecule has 1 aliphatic rings. The van der Waals surface area contributed by atoms with Crippen LogP contribution in [0.5, 0.6) is 0 Å². The Morgan fingerprint density at radius 1 is 1.10 bits per heavy atom. The molecule has 1 aliphatic heterocycles. The van der Waals surface area contributed by atoms with Gasteiger partial charge in [-0.1, -0.05) is 12.1 Å². The number of halogens is 4. The lowest BCUT2D eigenvalue weighted by molar-refractivity contribution is -0.157. The van der Waals surface area contributed by atoms with Crippen LogP contribution in [0.25, 0.3) is 11.3 Å². The number of carbonyl (C=O) groups excluding carboxylic acids is 1. The van der Waals surface area contributed by atoms with Gasteiger partial charge in [-0.3, -0.25) is 9.78 Å². The Balaban J connectivity index is 1.44. The summed E-state index contributed by atoms with van der Waals surface area (Å²) in [6.45, 7) is -0.418. The second-order valence-corrected chi connectivity index (χ2v) is 7.23. The first-order valence-electron chi connectivity index (χ1n) is 9.39. The molecule has 31 heavy (non-hydrogen) atoms. The van der Waals surface area contributed by atoms with Crippen LogP contribution in [-0.2, 0) is 17.1 Å². The van der Waals surface area contributed by atoms with Gasteiger partial charge in [0.1, 0.15) is 5.82 Å². The molecule has 4 rings (SSSR count). The molecule has 3 aromatic rings. The van der Waals surface area contributed by atoms with Crippen molar-refractivity contribution in [1.82, 2.24) is 19.9 Å². The molecule has 0 spiro atoms. The third-order valence-corrected chi connectivity index (χ3v) is 5.14. The van der Waals surface area contributed by atoms with Gasteiger partial charge >= 0.3 is 5.92 Å². The highest BCUT2D eigenvalue weighted by Crippen LogP contribution is 2.39. The van der Waals surface area contributed by atoms with Gasteiger partial charge in [-0.25, -0.2) is 18.7 Å². The van der Waals surface area contributed by atoms with E-state index in [0.717, 1.165) is 0 Å². The Bertz CT molecular complexity index is 1120. The lowest BCUT2D eigenvalue weighted by Crippen LogP contribution is -2.56. The second kappa shape index (κ2) is 7.93. The monoisotopic (exact) mass is 431 g/mol. The van der Waals surface area contributed by atoms with Crippen molar-refractivity contribution in [2.75, 3.05) is 18.8 Å². The number of carbonyl (C=O) groups is 1. The largest absolute Gasteiger partial charge is 0.397 e. The Morgan fingerprint density at radius 2 is 1.77 bits per heavy atom. The van der Waals surface area contributed by atoms with E-state index in [1.807, 2.05) is 0 Å². The number of hydrogen-bond donors (Lipinski definition) is 1. The van der Waals surface area contributed by atoms with Gasteiger partial charge < -0.3 is 10.6 Å². The molecule has 0 saturated carbocycles. The van der Waals surface area contributed by atoms with Gasteiger partial charge in [0.05, 0.1) is 41.8 Å². The van der Waals surface area contributed by atoms with Crippen molar-refractivity contribution in [3.05, 3.63) is 71.9 Å². The van der Waals surface area contributed by atoms with Crippen LogP contribution in [0.4, 0.5) is 23.2 Å². The molecule has 6 nitrogen and oxygen atoms in total. The smallest absolute Gasteiger partial charge is 0.312 e. The van der Waals surface area contributed by atoms with E-state index in [9.17, 15) is 22.4 Å². The van der Waals surface area contributed by atoms with E-state index in [-0.39, 0.29) is 36.5 Å². The molecule has 0 radical (unpaired) electrons. The Hall–Kier alpha value is -3.56. The molecule has 0 unspecified atom stereocenters. The van der Waals surface area contributed by atoms with Crippen LogP contribution >= 0.6 is 0 Å². The predicted octanol–water partition coefficient (Wildman–Crippen LogP) is 3.19. The Kier molecular flexibility index (Phi) is 5.30. The summed E-state index contributed by atoms with van der Waals surface area (Å²) in [5.41, 5.74) is 6.97. The standard InChI is InChI=1S/C21H17F4N5O/c22-13-8-27-20(28-9-13)21(24,25)12-10-30(11-12)19(31)7-18-16(26)5-6-17(29-18)14-3-1-2-4-15(14)23/h1-6,8-9,12H,7,10-11,26H2. The number of nitrogens with zero attached hydrogens (tertiary/aromatic N) is 4. The van der Waals surface area contributed by atoms with Crippen LogP contribution in [0, 0.1) is 17.6 Å². The van der Waals surface area contributed by atoms with Gasteiger partial charge in [0.25, 0.3) is 0 Å². The number of anilines is 1. The summed E-state index contributed by atoms with van der Waals surface area (Å²) in [4.78, 5) is 24.8. The van der Waals surface area contributed by atoms with Gasteiger partial charge in [0, 0.05) is 18.7 Å². The summed E-state index contributed by atoms with van der Waals surface area (Å²) in [7, 11) is 0. The van der Waals surface area contributed by atoms with Crippen LogP contribution in [-0.4, -0.2) is 38.8 Å². The SMILES string of the molecule is Nc1ccc(-c2ccccc2F)nc1CC(=O)N1CC(C(F)(F)c2ncc(F)cn2)C1. The summed E-state index contributed by atoms with van der Waals surface area (Å²) in [6.07, 6.45) is 1.14. The number of pyridine rings is 1. The van der Waals surface area contributed by atoms with Gasteiger partial charge in [0.2, 0.25) is 5.91 Å². The maximum Gasteiger partial charge on any atom is 0.312 e. The quantitative estimate of drug-likeness (QED) is 0.628. The minimum atomic E-state index is -3.40. The number of likely N-dealkylation sites (tertiary alicyclic amines) is 1. The number of nitrogens with two attached hydrogens (primary N) is 1. The average Bonchev–Trinajstić information content (AvgIpc) is 2.69. The summed E-state index contributed by atoms with van der Waals surface area (Å²) in [5, 5.41) is 0. The van der Waals surface area contributed by atoms with E-state index in [2.05, 4.69) is 15.0 Å². The highest BCUT2D eigenvalue weighted by molar-refractivity contribution is 5.81. The van der Waals surface area contributed by atoms with Crippen molar-refractivity contribution in [1.29, 1.82) is 0 Å². The molecule has 3 heterocycles. The zero-order chi connectivity index (χ0) is 22.2. The topological polar surface area (TPSA) is 85.0 Å². The molecule has 2 aromatic heterocycles. The maximum atomic E-state index is 14.5. The van der Waals surface area contributed by atoms with Crippen LogP contribution in [0.15, 0.2) is 48.8 Å². The number of nitrogen functional groups attached to an aromatic ring is 1. The highest BCUT2D eigenvalue weighted by atomic mass is 19.3. The van der Waals surface area contributed by atoms with Crippen molar-refractivity contribution in [3.8, 4) is 11.3 Å². The van der Waals surface area contributed by atoms with E-state index in [0.29, 0.717) is 18.1 Å². The fourth-order valence-electron chi connectivity index (χ4n) is 3.31. The van der Waals surface area contributed by atoms with E-state index in [4.69, 9.17) is 5.73 Å². The molecule has 10 heteroatoms. The predicted molar refractivity (Wildman–Crippen MR) is 104 cm³/mol. The fraction of sp³-hybridized carbons (Fsp3) is 0.238. The molecule has 1 saturated heterocycles. The number of hydrogen-bond acceptors (Lipinski definition) is 5. The third kappa shape index (κ3) is 4.05. The molecule has 160 valence electrons. The van der Waals surface area contributed by atoms with Crippen LogP contribution < -0.4 is 5.73 Å². The fourth-order valence-corrected chi connectivity index (χ4v) is 3.31. The van der Waals surface area contributed by atoms with Gasteiger partial charge in [0.15, 0.2) is 11.6 Å².